The molecule has 0 unspecified atom stereocenters. The van der Waals surface area contributed by atoms with Gasteiger partial charge in [0.25, 0.3) is 5.91 Å². The molecule has 0 atom stereocenters. The summed E-state index contributed by atoms with van der Waals surface area (Å²) in [6.45, 7) is 3.83. The van der Waals surface area contributed by atoms with Gasteiger partial charge in [0.15, 0.2) is 5.65 Å². The molecule has 130 valence electrons. The van der Waals surface area contributed by atoms with E-state index in [1.807, 2.05) is 32.0 Å². The highest BCUT2D eigenvalue weighted by molar-refractivity contribution is 6.30. The zero-order valence-corrected chi connectivity index (χ0v) is 14.9. The van der Waals surface area contributed by atoms with Crippen LogP contribution in [-0.2, 0) is 0 Å². The number of fused-ring (bicyclic) bond motifs is 1. The van der Waals surface area contributed by atoms with E-state index in [9.17, 15) is 4.79 Å². The molecule has 4 rings (SSSR count). The van der Waals surface area contributed by atoms with Crippen LogP contribution in [0.5, 0.6) is 0 Å². The number of hydrogen-bond acceptors (Lipinski definition) is 4. The molecular weight excluding hydrogens is 352 g/mol. The molecule has 0 radical (unpaired) electrons. The second-order valence-electron chi connectivity index (χ2n) is 5.91. The Bertz CT molecular complexity index is 1130. The quantitative estimate of drug-likeness (QED) is 0.602. The third-order valence-corrected chi connectivity index (χ3v) is 4.23. The lowest BCUT2D eigenvalue weighted by molar-refractivity contribution is 0.102. The SMILES string of the molecule is Cc1cc(NC(=O)c2cnn3cccnc23)n(-c2cc(Cl)ccc2C)n1. The summed E-state index contributed by atoms with van der Waals surface area (Å²) in [5, 5.41) is 12.1. The van der Waals surface area contributed by atoms with Crippen molar-refractivity contribution in [3.63, 3.8) is 0 Å². The molecule has 0 aliphatic rings. The fourth-order valence-electron chi connectivity index (χ4n) is 2.75. The second-order valence-corrected chi connectivity index (χ2v) is 6.35. The maximum Gasteiger partial charge on any atom is 0.262 e. The van der Waals surface area contributed by atoms with Crippen molar-refractivity contribution in [2.24, 2.45) is 0 Å². The van der Waals surface area contributed by atoms with Gasteiger partial charge in [0.2, 0.25) is 0 Å². The minimum atomic E-state index is -0.306. The third-order valence-electron chi connectivity index (χ3n) is 4.00. The number of carbonyl (C=O) groups is 1. The highest BCUT2D eigenvalue weighted by Gasteiger charge is 2.17. The van der Waals surface area contributed by atoms with Gasteiger partial charge in [0, 0.05) is 23.5 Å². The molecule has 0 bridgehead atoms. The van der Waals surface area contributed by atoms with Gasteiger partial charge < -0.3 is 5.32 Å². The van der Waals surface area contributed by atoms with Crippen LogP contribution in [0.1, 0.15) is 21.6 Å². The van der Waals surface area contributed by atoms with E-state index in [2.05, 4.69) is 20.5 Å². The van der Waals surface area contributed by atoms with Crippen molar-refractivity contribution in [2.45, 2.75) is 13.8 Å². The molecule has 0 saturated heterocycles. The summed E-state index contributed by atoms with van der Waals surface area (Å²) in [7, 11) is 0. The van der Waals surface area contributed by atoms with E-state index in [0.29, 0.717) is 22.1 Å². The Kier molecular flexibility index (Phi) is 3.93. The van der Waals surface area contributed by atoms with Crippen molar-refractivity contribution in [1.82, 2.24) is 24.4 Å². The summed E-state index contributed by atoms with van der Waals surface area (Å²) >= 11 is 6.13. The Morgan fingerprint density at radius 1 is 1.23 bits per heavy atom. The molecule has 3 heterocycles. The van der Waals surface area contributed by atoms with Crippen LogP contribution in [0.15, 0.2) is 48.9 Å². The molecule has 3 aromatic heterocycles. The number of benzene rings is 1. The van der Waals surface area contributed by atoms with Gasteiger partial charge in [-0.2, -0.15) is 10.2 Å². The highest BCUT2D eigenvalue weighted by atomic mass is 35.5. The average Bonchev–Trinajstić information content (AvgIpc) is 3.20. The first-order valence-electron chi connectivity index (χ1n) is 7.96. The molecular formula is C18H15ClN6O. The Morgan fingerprint density at radius 2 is 2.08 bits per heavy atom. The minimum Gasteiger partial charge on any atom is -0.306 e. The normalized spacial score (nSPS) is 11.0. The van der Waals surface area contributed by atoms with Gasteiger partial charge in [-0.05, 0) is 37.6 Å². The number of nitrogens with zero attached hydrogens (tertiary/aromatic N) is 5. The molecule has 1 aromatic carbocycles. The summed E-state index contributed by atoms with van der Waals surface area (Å²) < 4.78 is 3.23. The van der Waals surface area contributed by atoms with E-state index in [0.717, 1.165) is 16.9 Å². The fraction of sp³-hybridized carbons (Fsp3) is 0.111. The van der Waals surface area contributed by atoms with Crippen LogP contribution in [-0.4, -0.2) is 30.3 Å². The molecule has 7 nitrogen and oxygen atoms in total. The lowest BCUT2D eigenvalue weighted by atomic mass is 10.2. The van der Waals surface area contributed by atoms with E-state index in [1.165, 1.54) is 6.20 Å². The fourth-order valence-corrected chi connectivity index (χ4v) is 2.92. The number of aromatic nitrogens is 5. The van der Waals surface area contributed by atoms with Gasteiger partial charge in [0.1, 0.15) is 11.4 Å². The maximum absolute atomic E-state index is 12.8. The highest BCUT2D eigenvalue weighted by Crippen LogP contribution is 2.24. The largest absolute Gasteiger partial charge is 0.306 e. The van der Waals surface area contributed by atoms with Crippen molar-refractivity contribution in [1.29, 1.82) is 0 Å². The van der Waals surface area contributed by atoms with Crippen LogP contribution in [0.3, 0.4) is 0 Å². The van der Waals surface area contributed by atoms with E-state index in [1.54, 1.807) is 33.7 Å². The monoisotopic (exact) mass is 366 g/mol. The van der Waals surface area contributed by atoms with Gasteiger partial charge >= 0.3 is 0 Å². The van der Waals surface area contributed by atoms with Crippen LogP contribution in [0.4, 0.5) is 5.82 Å². The van der Waals surface area contributed by atoms with E-state index in [-0.39, 0.29) is 5.91 Å². The van der Waals surface area contributed by atoms with Crippen molar-refractivity contribution < 1.29 is 4.79 Å². The number of carbonyl (C=O) groups excluding carboxylic acids is 1. The van der Waals surface area contributed by atoms with Gasteiger partial charge in [-0.15, -0.1) is 0 Å². The molecule has 0 saturated carbocycles. The first-order chi connectivity index (χ1) is 12.5. The standard InChI is InChI=1S/C18H15ClN6O/c1-11-4-5-13(19)9-15(11)25-16(8-12(2)23-25)22-18(26)14-10-21-24-7-3-6-20-17(14)24/h3-10H,1-2H3,(H,22,26). The van der Waals surface area contributed by atoms with Crippen LogP contribution in [0.25, 0.3) is 11.3 Å². The van der Waals surface area contributed by atoms with Crippen molar-refractivity contribution >= 4 is 29.0 Å². The third kappa shape index (κ3) is 2.82. The van der Waals surface area contributed by atoms with Gasteiger partial charge in [-0.3, -0.25) is 4.79 Å². The summed E-state index contributed by atoms with van der Waals surface area (Å²) in [5.74, 6) is 0.243. The molecule has 1 N–H and O–H groups in total. The van der Waals surface area contributed by atoms with E-state index >= 15 is 0 Å². The van der Waals surface area contributed by atoms with Crippen molar-refractivity contribution in [3.8, 4) is 5.69 Å². The first-order valence-corrected chi connectivity index (χ1v) is 8.33. The number of anilines is 1. The van der Waals surface area contributed by atoms with Crippen LogP contribution in [0, 0.1) is 13.8 Å². The second kappa shape index (κ2) is 6.27. The van der Waals surface area contributed by atoms with Gasteiger partial charge in [-0.25, -0.2) is 14.2 Å². The number of nitrogens with one attached hydrogen (secondary N) is 1. The number of halogens is 1. The summed E-state index contributed by atoms with van der Waals surface area (Å²) in [6.07, 6.45) is 4.86. The smallest absolute Gasteiger partial charge is 0.262 e. The Hall–Kier alpha value is -3.19. The summed E-state index contributed by atoms with van der Waals surface area (Å²) in [6, 6.07) is 9.10. The summed E-state index contributed by atoms with van der Waals surface area (Å²) in [4.78, 5) is 17.0. The van der Waals surface area contributed by atoms with Gasteiger partial charge in [-0.1, -0.05) is 17.7 Å². The number of amides is 1. The predicted octanol–water partition coefficient (Wildman–Crippen LogP) is 3.44. The molecule has 8 heteroatoms. The topological polar surface area (TPSA) is 77.1 Å². The maximum atomic E-state index is 12.8. The Balaban J connectivity index is 1.73. The average molecular weight is 367 g/mol. The zero-order valence-electron chi connectivity index (χ0n) is 14.1. The first kappa shape index (κ1) is 16.3. The van der Waals surface area contributed by atoms with E-state index < -0.39 is 0 Å². The molecule has 26 heavy (non-hydrogen) atoms. The number of aryl methyl sites for hydroxylation is 2. The van der Waals surface area contributed by atoms with E-state index in [4.69, 9.17) is 11.6 Å². The number of rotatable bonds is 3. The molecule has 0 spiro atoms. The Morgan fingerprint density at radius 3 is 2.92 bits per heavy atom. The van der Waals surface area contributed by atoms with Crippen molar-refractivity contribution in [3.05, 3.63) is 70.8 Å². The molecule has 1 amide bonds. The lowest BCUT2D eigenvalue weighted by Gasteiger charge is -2.11. The molecule has 0 fully saturated rings. The summed E-state index contributed by atoms with van der Waals surface area (Å²) in [5.41, 5.74) is 3.45. The Labute approximate surface area is 154 Å². The van der Waals surface area contributed by atoms with Crippen LogP contribution >= 0.6 is 11.6 Å². The predicted molar refractivity (Wildman–Crippen MR) is 99.0 cm³/mol. The molecule has 0 aliphatic heterocycles. The minimum absolute atomic E-state index is 0.306. The number of hydrogen-bond donors (Lipinski definition) is 1. The zero-order chi connectivity index (χ0) is 18.3. The van der Waals surface area contributed by atoms with Gasteiger partial charge in [0.05, 0.1) is 17.6 Å². The molecule has 0 aliphatic carbocycles. The lowest BCUT2D eigenvalue weighted by Crippen LogP contribution is -2.15. The van der Waals surface area contributed by atoms with Crippen LogP contribution < -0.4 is 5.32 Å². The van der Waals surface area contributed by atoms with Crippen LogP contribution in [0.2, 0.25) is 5.02 Å². The van der Waals surface area contributed by atoms with Crippen molar-refractivity contribution in [2.75, 3.05) is 5.32 Å². The molecule has 4 aromatic rings.